The van der Waals surface area contributed by atoms with Crippen molar-refractivity contribution in [2.75, 3.05) is 35.8 Å². The molecule has 0 bridgehead atoms. The number of aromatic nitrogens is 8. The van der Waals surface area contributed by atoms with Crippen LogP contribution in [0.5, 0.6) is 0 Å². The van der Waals surface area contributed by atoms with Crippen molar-refractivity contribution < 1.29 is 97.3 Å². The Kier molecular flexibility index (Phi) is 40.7. The number of nitrogens with one attached hydrogen (secondary N) is 12. The number of aromatic amines is 1. The molecule has 4 heterocycles. The van der Waals surface area contributed by atoms with Crippen molar-refractivity contribution in [2.24, 2.45) is 11.8 Å². The van der Waals surface area contributed by atoms with Crippen LogP contribution in [-0.4, -0.2) is 242 Å². The average Bonchev–Trinajstić information content (AvgIpc) is 0.750. The molecule has 0 saturated heterocycles. The predicted molar refractivity (Wildman–Crippen MR) is 457 cm³/mol. The summed E-state index contributed by atoms with van der Waals surface area (Å²) < 4.78 is 23.7. The molecule has 41 nitrogen and oxygen atoms in total. The molecule has 19 N–H and O–H groups in total. The van der Waals surface area contributed by atoms with Crippen LogP contribution in [0.25, 0.3) is 11.2 Å². The van der Waals surface area contributed by atoms with E-state index in [2.05, 4.69) is 98.4 Å². The number of hydrogen-bond acceptors (Lipinski definition) is 31. The van der Waals surface area contributed by atoms with E-state index in [9.17, 15) is 102 Å². The fourth-order valence-corrected chi connectivity index (χ4v) is 15.9. The quantitative estimate of drug-likeness (QED) is 0.0137. The molecule has 0 radical (unpaired) electrons. The van der Waals surface area contributed by atoms with Gasteiger partial charge >= 0.3 is 367 Å². The van der Waals surface area contributed by atoms with Crippen molar-refractivity contribution in [3.63, 3.8) is 0 Å². The summed E-state index contributed by atoms with van der Waals surface area (Å²) in [4.78, 5) is 219. The molecule has 0 spiro atoms. The molecule has 4 aromatic heterocycles. The van der Waals surface area contributed by atoms with E-state index in [0.717, 1.165) is 54.9 Å². The van der Waals surface area contributed by atoms with Gasteiger partial charge < -0.3 is 68.5 Å². The normalized spacial score (nSPS) is 13.5. The number of aliphatic hydroxyl groups excluding tert-OH is 2. The second-order valence-electron chi connectivity index (χ2n) is 28.7. The van der Waals surface area contributed by atoms with Gasteiger partial charge in [-0.3, -0.25) is 43.3 Å². The number of amides is 10. The van der Waals surface area contributed by atoms with Crippen LogP contribution in [0.3, 0.4) is 0 Å². The third kappa shape index (κ3) is 33.6. The van der Waals surface area contributed by atoms with Gasteiger partial charge in [-0.05, 0) is 43.5 Å². The number of nitrogen functional groups attached to an aromatic ring is 1. The molecule has 7 rings (SSSR count). The van der Waals surface area contributed by atoms with Gasteiger partial charge in [0.1, 0.15) is 36.3 Å². The number of carboxylic acid groups (broad SMARTS) is 3. The number of benzene rings is 3. The van der Waals surface area contributed by atoms with Crippen LogP contribution in [-0.2, 0) is 88.2 Å². The minimum absolute atomic E-state index is 0.00273. The number of anilines is 2. The number of rotatable bonds is 53. The Hall–Kier alpha value is -12.2. The van der Waals surface area contributed by atoms with Gasteiger partial charge in [-0.25, -0.2) is 19.6 Å². The molecule has 124 heavy (non-hydrogen) atoms. The Balaban J connectivity index is 0.982. The Labute approximate surface area is 726 Å². The van der Waals surface area contributed by atoms with Gasteiger partial charge in [0.25, 0.3) is 11.5 Å². The molecule has 47 heteroatoms. The number of hydrogen-bond donors (Lipinski definition) is 18. The minimum atomic E-state index is -2.07. The van der Waals surface area contributed by atoms with E-state index in [4.69, 9.17) is 5.73 Å². The number of carbonyl (C=O) groups is 13. The van der Waals surface area contributed by atoms with Gasteiger partial charge in [-0.15, -0.1) is 0 Å². The van der Waals surface area contributed by atoms with E-state index >= 15 is 0 Å². The van der Waals surface area contributed by atoms with Crippen LogP contribution in [0.4, 0.5) is 11.6 Å². The van der Waals surface area contributed by atoms with Crippen molar-refractivity contribution in [1.82, 2.24) is 93.0 Å². The van der Waals surface area contributed by atoms with E-state index in [0.29, 0.717) is 49.8 Å². The molecule has 10 atom stereocenters. The first-order valence-electron chi connectivity index (χ1n) is 38.7. The molecular weight excluding hydrogens is 1690 g/mol. The molecule has 0 saturated carbocycles. The zero-order valence-corrected chi connectivity index (χ0v) is 70.7. The van der Waals surface area contributed by atoms with Gasteiger partial charge in [-0.2, -0.15) is 4.98 Å². The Bertz CT molecular complexity index is 4910. The van der Waals surface area contributed by atoms with E-state index in [1.807, 2.05) is 27.7 Å². The maximum atomic E-state index is 14.4. The summed E-state index contributed by atoms with van der Waals surface area (Å²) >= 11 is 0. The first kappa shape index (κ1) is 98.9. The SMILES string of the molecule is CC(C)C[C@@H](B=O)NC(=O)[C@H](Cc1ccccc1)NC(=O)c1cnc(CSSC[C@H](NC(=O)[C@H](CCO)NC(=O)[C@H](CC(=O)O)NC(=O)[C@H](CCO)NC(=O)[C@H](CSSCc2cnc(C(=O)N[C@@H](Cc3ccccc3)C(=O)N[C@H](B=O)CC(C)C)cn2)NC(=O)CC[C@H](NC(=O)c2ccc(NCc3cnc4nc(N)[nH]c(=O)c4n3)cc2)C(=O)O)C(=O)O)cn1. The Morgan fingerprint density at radius 1 is 0.460 bits per heavy atom. The predicted octanol–water partition coefficient (Wildman–Crippen LogP) is 0.120. The zero-order valence-electron chi connectivity index (χ0n) is 67.5. The van der Waals surface area contributed by atoms with Gasteiger partial charge in [0.05, 0.1) is 24.9 Å². The van der Waals surface area contributed by atoms with Crippen LogP contribution in [0.2, 0.25) is 0 Å². The summed E-state index contributed by atoms with van der Waals surface area (Å²) in [6.07, 6.45) is 3.54. The van der Waals surface area contributed by atoms with Crippen molar-refractivity contribution in [1.29, 1.82) is 0 Å². The molecule has 0 aliphatic heterocycles. The third-order valence-electron chi connectivity index (χ3n) is 17.9. The summed E-state index contributed by atoms with van der Waals surface area (Å²) in [7, 11) is 5.29. The first-order chi connectivity index (χ1) is 59.3. The number of carbonyl (C=O) groups excluding carboxylic acids is 10. The van der Waals surface area contributed by atoms with Crippen LogP contribution >= 0.6 is 43.2 Å². The molecule has 0 aliphatic rings. The standard InChI is InChI=1S/C77H94B2N20O21S4/c1-40(2)25-59(78-119)96-69(109)52(27-42-11-7-5-8-12-42)92-71(111)55-34-82-47(32-84-55)36-121-123-38-57(88-61(102)20-19-51(75(115)116)91-65(105)44-15-17-45(18-16-44)81-30-46-31-86-64-63(87-46)74(114)99-77(80)98-64)73(113)90-49(21-23-100)66(106)94-54(29-62(103)104)68(108)89-50(22-24-101)67(107)95-58(76(117)118)39-124-122-37-48-33-85-56(35-83-48)72(112)93-53(28-43-13-9-6-10-14-43)70(110)97-60(79-120)26-41(3)4/h5-18,31-35,40-41,49-54,57-60,81,100-101H,19-30,36-39H2,1-4H3,(H,88,102)(H,89,108)(H,90,113)(H,91,105)(H,92,111)(H,93,112)(H,94,106)(H,95,107)(H,96,109)(H,97,110)(H,103,104)(H,115,116)(H,117,118)(H3,80,86,98,99,114)/t49-,50-,51-,52-,53-,54-,57-,58-,59-,60-/m0/s1. The van der Waals surface area contributed by atoms with E-state index in [1.165, 1.54) is 49.1 Å². The average molecular weight is 1790 g/mol. The second kappa shape index (κ2) is 51.0. The monoisotopic (exact) mass is 1780 g/mol. The maximum absolute atomic E-state index is 14.4. The third-order valence-corrected chi connectivity index (χ3v) is 22.5. The van der Waals surface area contributed by atoms with Gasteiger partial charge in [0.15, 0.2) is 11.2 Å². The van der Waals surface area contributed by atoms with Crippen LogP contribution < -0.4 is 69.8 Å². The molecule has 3 aromatic carbocycles. The van der Waals surface area contributed by atoms with Crippen molar-refractivity contribution in [3.8, 4) is 0 Å². The van der Waals surface area contributed by atoms with Crippen LogP contribution in [0.15, 0.2) is 121 Å². The van der Waals surface area contributed by atoms with Crippen molar-refractivity contribution in [2.45, 2.75) is 164 Å². The molecule has 0 unspecified atom stereocenters. The van der Waals surface area contributed by atoms with Crippen molar-refractivity contribution >= 4 is 157 Å². The van der Waals surface area contributed by atoms with E-state index < -0.39 is 188 Å². The summed E-state index contributed by atoms with van der Waals surface area (Å²) in [6, 6.07) is 10.5. The van der Waals surface area contributed by atoms with Crippen molar-refractivity contribution in [3.05, 3.63) is 171 Å². The summed E-state index contributed by atoms with van der Waals surface area (Å²) in [5.74, 6) is -16.4. The van der Waals surface area contributed by atoms with Gasteiger partial charge in [-0.1, -0.05) is 21.6 Å². The topological polar surface area (TPSA) is 639 Å². The summed E-state index contributed by atoms with van der Waals surface area (Å²) in [6.45, 7) is 5.98. The second-order valence-corrected chi connectivity index (χ2v) is 33.7. The number of aliphatic hydroxyl groups is 2. The van der Waals surface area contributed by atoms with Gasteiger partial charge in [0, 0.05) is 42.4 Å². The summed E-state index contributed by atoms with van der Waals surface area (Å²) in [5.41, 5.74) is 7.51. The molecule has 0 fully saturated rings. The molecule has 10 amide bonds. The summed E-state index contributed by atoms with van der Waals surface area (Å²) in [5, 5.41) is 78.2. The molecule has 658 valence electrons. The van der Waals surface area contributed by atoms with Crippen LogP contribution in [0.1, 0.15) is 132 Å². The Morgan fingerprint density at radius 2 is 0.903 bits per heavy atom. The van der Waals surface area contributed by atoms with E-state index in [1.54, 1.807) is 60.7 Å². The number of nitrogens with two attached hydrogens (primary N) is 1. The molecule has 0 aliphatic carbocycles. The van der Waals surface area contributed by atoms with Crippen LogP contribution in [0, 0.1) is 11.8 Å². The molecular formula is C77H94B2N20O21S4. The molecule has 7 aromatic rings. The number of H-pyrrole nitrogens is 1. The number of nitrogens with zero attached hydrogens (tertiary/aromatic N) is 7. The zero-order chi connectivity index (χ0) is 90.4. The fraction of sp³-hybridized carbons (Fsp3) is 0.416. The van der Waals surface area contributed by atoms with Gasteiger partial charge in [0.2, 0.25) is 35.5 Å². The first-order valence-corrected chi connectivity index (χ1v) is 43.7. The number of fused-ring (bicyclic) bond motifs is 1. The number of aliphatic carboxylic acids is 3. The Morgan fingerprint density at radius 3 is 1.35 bits per heavy atom. The fourth-order valence-electron chi connectivity index (χ4n) is 11.6. The van der Waals surface area contributed by atoms with E-state index in [-0.39, 0.29) is 94.0 Å². The number of carboxylic acids is 3.